The topological polar surface area (TPSA) is 59.0 Å². The van der Waals surface area contributed by atoms with Crippen LogP contribution in [0.15, 0.2) is 48.5 Å². The minimum atomic E-state index is -1.01. The van der Waals surface area contributed by atoms with Crippen molar-refractivity contribution in [3.8, 4) is 0 Å². The Hall–Kier alpha value is -2.28. The zero-order chi connectivity index (χ0) is 21.4. The number of rotatable bonds is 9. The van der Waals surface area contributed by atoms with Gasteiger partial charge in [0.15, 0.2) is 6.29 Å². The van der Waals surface area contributed by atoms with Gasteiger partial charge in [-0.05, 0) is 51.0 Å². The highest BCUT2D eigenvalue weighted by molar-refractivity contribution is 5.91. The molecule has 0 bridgehead atoms. The summed E-state index contributed by atoms with van der Waals surface area (Å²) in [4.78, 5) is 14.2. The van der Waals surface area contributed by atoms with Crippen molar-refractivity contribution in [2.24, 2.45) is 0 Å². The molecule has 0 aliphatic rings. The molecule has 1 atom stereocenters. The van der Waals surface area contributed by atoms with Crippen LogP contribution >= 0.6 is 0 Å². The van der Waals surface area contributed by atoms with Crippen molar-refractivity contribution in [3.05, 3.63) is 71.0 Å². The van der Waals surface area contributed by atoms with Gasteiger partial charge < -0.3 is 14.6 Å². The molecule has 0 saturated heterocycles. The highest BCUT2D eigenvalue weighted by Gasteiger charge is 2.22. The van der Waals surface area contributed by atoms with Crippen LogP contribution in [-0.4, -0.2) is 41.0 Å². The molecule has 0 saturated carbocycles. The van der Waals surface area contributed by atoms with Crippen LogP contribution in [-0.2, 0) is 22.6 Å². The van der Waals surface area contributed by atoms with E-state index < -0.39 is 23.7 Å². The van der Waals surface area contributed by atoms with E-state index in [-0.39, 0.29) is 18.7 Å². The summed E-state index contributed by atoms with van der Waals surface area (Å²) in [5.41, 5.74) is 1.37. The molecule has 29 heavy (non-hydrogen) atoms. The van der Waals surface area contributed by atoms with Crippen LogP contribution in [0.4, 0.5) is 4.39 Å². The fourth-order valence-corrected chi connectivity index (χ4v) is 3.02. The van der Waals surface area contributed by atoms with E-state index in [0.717, 1.165) is 5.56 Å². The van der Waals surface area contributed by atoms with Crippen LogP contribution in [0.2, 0.25) is 0 Å². The van der Waals surface area contributed by atoms with E-state index in [0.29, 0.717) is 18.7 Å². The Labute approximate surface area is 172 Å². The molecule has 0 aromatic heterocycles. The smallest absolute Gasteiger partial charge is 0.338 e. The molecule has 2 aromatic rings. The van der Waals surface area contributed by atoms with Gasteiger partial charge in [0.25, 0.3) is 0 Å². The van der Waals surface area contributed by atoms with E-state index in [2.05, 4.69) is 0 Å². The highest BCUT2D eigenvalue weighted by Crippen LogP contribution is 2.19. The van der Waals surface area contributed by atoms with Crippen molar-refractivity contribution in [1.82, 2.24) is 4.90 Å². The average Bonchev–Trinajstić information content (AvgIpc) is 2.62. The molecule has 158 valence electrons. The second kappa shape index (κ2) is 10.5. The largest absolute Gasteiger partial charge is 0.462 e. The van der Waals surface area contributed by atoms with Crippen molar-refractivity contribution >= 4 is 5.97 Å². The first kappa shape index (κ1) is 23.0. The lowest BCUT2D eigenvalue weighted by molar-refractivity contribution is -0.175. The fraction of sp³-hybridized carbons (Fsp3) is 0.435. The van der Waals surface area contributed by atoms with Gasteiger partial charge in [-0.1, -0.05) is 36.4 Å². The summed E-state index contributed by atoms with van der Waals surface area (Å²) in [5, 5.41) is 10.4. The molecule has 6 heteroatoms. The third-order valence-electron chi connectivity index (χ3n) is 4.11. The lowest BCUT2D eigenvalue weighted by Crippen LogP contribution is -2.37. The molecule has 0 fully saturated rings. The van der Waals surface area contributed by atoms with Gasteiger partial charge in [0.1, 0.15) is 5.82 Å². The summed E-state index contributed by atoms with van der Waals surface area (Å²) in [5.74, 6) is -1.06. The second-order valence-corrected chi connectivity index (χ2v) is 7.86. The average molecular weight is 403 g/mol. The molecule has 1 unspecified atom stereocenters. The molecule has 2 rings (SSSR count). The number of hydrogen-bond acceptors (Lipinski definition) is 5. The van der Waals surface area contributed by atoms with E-state index in [1.54, 1.807) is 13.0 Å². The van der Waals surface area contributed by atoms with Gasteiger partial charge in [0.2, 0.25) is 0 Å². The van der Waals surface area contributed by atoms with Crippen molar-refractivity contribution in [2.75, 3.05) is 13.2 Å². The Morgan fingerprint density at radius 2 is 1.83 bits per heavy atom. The summed E-state index contributed by atoms with van der Waals surface area (Å²) < 4.78 is 24.5. The molecule has 5 nitrogen and oxygen atoms in total. The lowest BCUT2D eigenvalue weighted by atomic mass is 10.1. The Bertz CT molecular complexity index is 789. The Kier molecular flexibility index (Phi) is 8.32. The van der Waals surface area contributed by atoms with Crippen LogP contribution in [0.3, 0.4) is 0 Å². The van der Waals surface area contributed by atoms with Gasteiger partial charge in [-0.15, -0.1) is 0 Å². The minimum absolute atomic E-state index is 0.191. The molecule has 0 amide bonds. The molecule has 0 aliphatic heterocycles. The molecule has 0 spiro atoms. The first-order valence-electron chi connectivity index (χ1n) is 9.75. The molecule has 0 aliphatic carbocycles. The van der Waals surface area contributed by atoms with E-state index in [1.165, 1.54) is 12.1 Å². The number of esters is 1. The minimum Gasteiger partial charge on any atom is -0.462 e. The van der Waals surface area contributed by atoms with Crippen LogP contribution in [0.1, 0.15) is 49.2 Å². The molecule has 1 N–H and O–H groups in total. The third-order valence-corrected chi connectivity index (χ3v) is 4.11. The molecular weight excluding hydrogens is 373 g/mol. The Morgan fingerprint density at radius 1 is 1.14 bits per heavy atom. The quantitative estimate of drug-likeness (QED) is 0.504. The number of benzene rings is 2. The van der Waals surface area contributed by atoms with E-state index in [1.807, 2.05) is 56.0 Å². The zero-order valence-electron chi connectivity index (χ0n) is 17.5. The zero-order valence-corrected chi connectivity index (χ0v) is 17.5. The monoisotopic (exact) mass is 403 g/mol. The third kappa shape index (κ3) is 7.93. The predicted octanol–water partition coefficient (Wildman–Crippen LogP) is 4.14. The summed E-state index contributed by atoms with van der Waals surface area (Å²) in [7, 11) is 0. The maximum atomic E-state index is 13.7. The first-order chi connectivity index (χ1) is 13.7. The maximum absolute atomic E-state index is 13.7. The Balaban J connectivity index is 2.25. The number of halogens is 1. The molecule has 0 heterocycles. The van der Waals surface area contributed by atoms with E-state index in [9.17, 15) is 14.3 Å². The van der Waals surface area contributed by atoms with Crippen molar-refractivity contribution in [2.45, 2.75) is 52.7 Å². The normalized spacial score (nSPS) is 12.8. The predicted molar refractivity (Wildman–Crippen MR) is 110 cm³/mol. The first-order valence-corrected chi connectivity index (χ1v) is 9.75. The van der Waals surface area contributed by atoms with E-state index in [4.69, 9.17) is 9.47 Å². The summed E-state index contributed by atoms with van der Waals surface area (Å²) in [6.45, 7) is 8.62. The van der Waals surface area contributed by atoms with Gasteiger partial charge in [-0.3, -0.25) is 4.90 Å². The molecule has 2 aromatic carbocycles. The number of carbonyl (C=O) groups excluding carboxylic acids is 1. The van der Waals surface area contributed by atoms with Gasteiger partial charge in [-0.2, -0.15) is 0 Å². The van der Waals surface area contributed by atoms with Crippen LogP contribution in [0.5, 0.6) is 0 Å². The van der Waals surface area contributed by atoms with Gasteiger partial charge >= 0.3 is 5.97 Å². The number of nitrogens with zero attached hydrogens (tertiary/aromatic N) is 1. The second-order valence-electron chi connectivity index (χ2n) is 7.86. The van der Waals surface area contributed by atoms with Crippen molar-refractivity contribution in [3.63, 3.8) is 0 Å². The number of carbonyl (C=O) groups is 1. The van der Waals surface area contributed by atoms with Crippen molar-refractivity contribution < 1.29 is 23.8 Å². The summed E-state index contributed by atoms with van der Waals surface area (Å²) >= 11 is 0. The SMILES string of the molecule is CCOC(=O)c1cc(F)ccc1CN(Cc1ccccc1)CC(O)OC(C)(C)C. The standard InChI is InChI=1S/C23H30FNO4/c1-5-28-22(27)20-13-19(24)12-11-18(20)15-25(14-17-9-7-6-8-10-17)16-21(26)29-23(2,3)4/h6-13,21,26H,5,14-16H2,1-4H3. The number of aliphatic hydroxyl groups is 1. The molecular formula is C23H30FNO4. The number of hydrogen-bond donors (Lipinski definition) is 1. The fourth-order valence-electron chi connectivity index (χ4n) is 3.02. The molecule has 0 radical (unpaired) electrons. The van der Waals surface area contributed by atoms with Crippen LogP contribution in [0.25, 0.3) is 0 Å². The van der Waals surface area contributed by atoms with Gasteiger partial charge in [0, 0.05) is 13.1 Å². The maximum Gasteiger partial charge on any atom is 0.338 e. The highest BCUT2D eigenvalue weighted by atomic mass is 19.1. The lowest BCUT2D eigenvalue weighted by Gasteiger charge is -2.30. The van der Waals surface area contributed by atoms with Gasteiger partial charge in [-0.25, -0.2) is 9.18 Å². The van der Waals surface area contributed by atoms with Gasteiger partial charge in [0.05, 0.1) is 24.3 Å². The number of ether oxygens (including phenoxy) is 2. The summed E-state index contributed by atoms with van der Waals surface area (Å²) in [6, 6.07) is 13.9. The summed E-state index contributed by atoms with van der Waals surface area (Å²) in [6.07, 6.45) is -1.01. The van der Waals surface area contributed by atoms with Crippen molar-refractivity contribution in [1.29, 1.82) is 0 Å². The number of aliphatic hydroxyl groups excluding tert-OH is 1. The van der Waals surface area contributed by atoms with Crippen LogP contribution in [0, 0.1) is 5.82 Å². The Morgan fingerprint density at radius 3 is 2.45 bits per heavy atom. The van der Waals surface area contributed by atoms with Crippen LogP contribution < -0.4 is 0 Å². The van der Waals surface area contributed by atoms with E-state index >= 15 is 0 Å².